The lowest BCUT2D eigenvalue weighted by Gasteiger charge is -2.43. The van der Waals surface area contributed by atoms with Crippen molar-refractivity contribution in [3.05, 3.63) is 23.8 Å². The summed E-state index contributed by atoms with van der Waals surface area (Å²) in [6.07, 6.45) is 4.75. The van der Waals surface area contributed by atoms with Gasteiger partial charge in [0.2, 0.25) is 12.7 Å². The van der Waals surface area contributed by atoms with Crippen molar-refractivity contribution >= 4 is 23.6 Å². The molecule has 5 rings (SSSR count). The number of amides is 2. The van der Waals surface area contributed by atoms with Crippen LogP contribution in [0, 0.1) is 5.92 Å². The second-order valence-electron chi connectivity index (χ2n) is 8.82. The predicted octanol–water partition coefficient (Wildman–Crippen LogP) is 2.31. The van der Waals surface area contributed by atoms with E-state index < -0.39 is 0 Å². The summed E-state index contributed by atoms with van der Waals surface area (Å²) in [5.74, 6) is 4.21. The van der Waals surface area contributed by atoms with Gasteiger partial charge in [-0.15, -0.1) is 0 Å². The first-order valence-corrected chi connectivity index (χ1v) is 12.7. The smallest absolute Gasteiger partial charge is 0.254 e. The van der Waals surface area contributed by atoms with Gasteiger partial charge in [0.05, 0.1) is 6.04 Å². The van der Waals surface area contributed by atoms with Crippen molar-refractivity contribution < 1.29 is 19.1 Å². The molecular weight excluding hydrogens is 414 g/mol. The summed E-state index contributed by atoms with van der Waals surface area (Å²) in [5.41, 5.74) is 0.631. The summed E-state index contributed by atoms with van der Waals surface area (Å²) < 4.78 is 10.8. The van der Waals surface area contributed by atoms with Crippen molar-refractivity contribution in [3.63, 3.8) is 0 Å². The molecule has 1 saturated carbocycles. The molecular formula is C23H31N3O4S. The minimum atomic E-state index is -0.0200. The number of nitrogens with zero attached hydrogens (tertiary/aromatic N) is 3. The number of hydrogen-bond acceptors (Lipinski definition) is 6. The van der Waals surface area contributed by atoms with Crippen LogP contribution in [0.5, 0.6) is 11.5 Å². The highest BCUT2D eigenvalue weighted by molar-refractivity contribution is 7.99. The molecule has 0 aromatic heterocycles. The van der Waals surface area contributed by atoms with Crippen molar-refractivity contribution in [2.75, 3.05) is 57.6 Å². The Kier molecular flexibility index (Phi) is 6.27. The number of carbonyl (C=O) groups is 2. The molecule has 3 aliphatic heterocycles. The molecule has 0 spiro atoms. The first kappa shape index (κ1) is 20.9. The van der Waals surface area contributed by atoms with Crippen LogP contribution in [0.2, 0.25) is 0 Å². The third-order valence-electron chi connectivity index (χ3n) is 7.04. The van der Waals surface area contributed by atoms with Gasteiger partial charge < -0.3 is 19.3 Å². The second kappa shape index (κ2) is 9.28. The number of carbonyl (C=O) groups excluding carboxylic acids is 2. The maximum atomic E-state index is 13.5. The molecule has 0 bridgehead atoms. The van der Waals surface area contributed by atoms with Crippen molar-refractivity contribution in [2.45, 2.75) is 31.7 Å². The summed E-state index contributed by atoms with van der Waals surface area (Å²) in [4.78, 5) is 32.9. The first-order valence-electron chi connectivity index (χ1n) is 11.5. The lowest BCUT2D eigenvalue weighted by molar-refractivity contribution is -0.139. The molecule has 1 aliphatic carbocycles. The maximum Gasteiger partial charge on any atom is 0.254 e. The molecule has 0 N–H and O–H groups in total. The Bertz CT molecular complexity index is 815. The quantitative estimate of drug-likeness (QED) is 0.709. The molecule has 3 fully saturated rings. The van der Waals surface area contributed by atoms with Crippen LogP contribution >= 0.6 is 11.8 Å². The van der Waals surface area contributed by atoms with Gasteiger partial charge in [0.1, 0.15) is 0 Å². The van der Waals surface area contributed by atoms with E-state index in [9.17, 15) is 9.59 Å². The lowest BCUT2D eigenvalue weighted by atomic mass is 9.94. The van der Waals surface area contributed by atoms with E-state index >= 15 is 0 Å². The third kappa shape index (κ3) is 4.37. The number of benzene rings is 1. The largest absolute Gasteiger partial charge is 0.454 e. The Labute approximate surface area is 188 Å². The summed E-state index contributed by atoms with van der Waals surface area (Å²) in [6.45, 7) is 4.76. The number of rotatable bonds is 4. The number of piperazine rings is 1. The minimum absolute atomic E-state index is 0.0200. The summed E-state index contributed by atoms with van der Waals surface area (Å²) in [6, 6.07) is 5.36. The molecule has 1 aromatic rings. The van der Waals surface area contributed by atoms with Crippen LogP contribution in [0.1, 0.15) is 36.0 Å². The highest BCUT2D eigenvalue weighted by atomic mass is 32.2. The Morgan fingerprint density at radius 3 is 2.35 bits per heavy atom. The van der Waals surface area contributed by atoms with Gasteiger partial charge in [-0.3, -0.25) is 14.5 Å². The summed E-state index contributed by atoms with van der Waals surface area (Å²) in [7, 11) is 0. The second-order valence-corrected chi connectivity index (χ2v) is 10.0. The minimum Gasteiger partial charge on any atom is -0.454 e. The molecule has 0 radical (unpaired) electrons. The van der Waals surface area contributed by atoms with Crippen LogP contribution in [-0.4, -0.2) is 90.1 Å². The zero-order chi connectivity index (χ0) is 21.2. The predicted molar refractivity (Wildman–Crippen MR) is 120 cm³/mol. The van der Waals surface area contributed by atoms with Crippen LogP contribution in [0.15, 0.2) is 18.2 Å². The van der Waals surface area contributed by atoms with Gasteiger partial charge in [-0.2, -0.15) is 11.8 Å². The Hall–Kier alpha value is -1.93. The van der Waals surface area contributed by atoms with Crippen molar-refractivity contribution in [2.24, 2.45) is 5.92 Å². The van der Waals surface area contributed by atoms with Crippen molar-refractivity contribution in [3.8, 4) is 11.5 Å². The maximum absolute atomic E-state index is 13.5. The van der Waals surface area contributed by atoms with Gasteiger partial charge in [0, 0.05) is 56.3 Å². The number of thioether (sulfide) groups is 1. The van der Waals surface area contributed by atoms with Gasteiger partial charge in [-0.05, 0) is 37.0 Å². The Morgan fingerprint density at radius 2 is 1.61 bits per heavy atom. The van der Waals surface area contributed by atoms with Gasteiger partial charge in [-0.1, -0.05) is 12.8 Å². The molecule has 2 saturated heterocycles. The summed E-state index contributed by atoms with van der Waals surface area (Å²) >= 11 is 1.94. The molecule has 31 heavy (non-hydrogen) atoms. The van der Waals surface area contributed by atoms with Crippen LogP contribution in [0.3, 0.4) is 0 Å². The zero-order valence-electron chi connectivity index (χ0n) is 18.0. The zero-order valence-corrected chi connectivity index (χ0v) is 18.8. The van der Waals surface area contributed by atoms with E-state index in [1.807, 2.05) is 16.7 Å². The van der Waals surface area contributed by atoms with Crippen LogP contribution < -0.4 is 9.47 Å². The van der Waals surface area contributed by atoms with Gasteiger partial charge in [0.25, 0.3) is 5.91 Å². The fraction of sp³-hybridized carbons (Fsp3) is 0.652. The molecule has 168 valence electrons. The van der Waals surface area contributed by atoms with Gasteiger partial charge in [0.15, 0.2) is 11.5 Å². The highest BCUT2D eigenvalue weighted by Crippen LogP contribution is 2.34. The number of ether oxygens (including phenoxy) is 2. The third-order valence-corrected chi connectivity index (χ3v) is 7.98. The molecule has 7 nitrogen and oxygen atoms in total. The van der Waals surface area contributed by atoms with Crippen molar-refractivity contribution in [1.29, 1.82) is 0 Å². The van der Waals surface area contributed by atoms with Crippen molar-refractivity contribution in [1.82, 2.24) is 14.7 Å². The van der Waals surface area contributed by atoms with Crippen LogP contribution in [-0.2, 0) is 4.79 Å². The van der Waals surface area contributed by atoms with E-state index in [0.717, 1.165) is 50.5 Å². The molecule has 8 heteroatoms. The van der Waals surface area contributed by atoms with E-state index in [2.05, 4.69) is 9.80 Å². The Balaban J connectivity index is 1.24. The highest BCUT2D eigenvalue weighted by Gasteiger charge is 2.39. The van der Waals surface area contributed by atoms with E-state index in [0.29, 0.717) is 42.0 Å². The number of hydrogen-bond donors (Lipinski definition) is 0. The SMILES string of the molecule is O=C(c1ccc2c(c1)OCO2)N1CCN(C(C(=O)N2CCSCC2)C2CCCC2)CC1. The average Bonchev–Trinajstić information content (AvgIpc) is 3.51. The van der Waals surface area contributed by atoms with E-state index in [-0.39, 0.29) is 18.7 Å². The fourth-order valence-corrected chi connectivity index (χ4v) is 6.22. The monoisotopic (exact) mass is 445 g/mol. The normalized spacial score (nSPS) is 23.2. The van der Waals surface area contributed by atoms with E-state index in [1.165, 1.54) is 12.8 Å². The molecule has 1 aromatic carbocycles. The summed E-state index contributed by atoms with van der Waals surface area (Å²) in [5, 5.41) is 0. The number of fused-ring (bicyclic) bond motifs is 1. The molecule has 4 aliphatic rings. The van der Waals surface area contributed by atoms with E-state index in [4.69, 9.17) is 9.47 Å². The fourth-order valence-electron chi connectivity index (χ4n) is 5.32. The van der Waals surface area contributed by atoms with Gasteiger partial charge in [-0.25, -0.2) is 0 Å². The molecule has 1 atom stereocenters. The molecule has 2 amide bonds. The van der Waals surface area contributed by atoms with Crippen LogP contribution in [0.25, 0.3) is 0 Å². The first-order chi connectivity index (χ1) is 15.2. The lowest BCUT2D eigenvalue weighted by Crippen LogP contribution is -2.59. The van der Waals surface area contributed by atoms with Gasteiger partial charge >= 0.3 is 0 Å². The standard InChI is InChI=1S/C23H31N3O4S/c27-22(18-5-6-19-20(15-18)30-16-29-19)25-9-7-24(8-10-25)21(17-3-1-2-4-17)23(28)26-11-13-31-14-12-26/h5-6,15,17,21H,1-4,7-14,16H2. The molecule has 3 heterocycles. The van der Waals surface area contributed by atoms with E-state index in [1.54, 1.807) is 18.2 Å². The van der Waals surface area contributed by atoms with Crippen LogP contribution in [0.4, 0.5) is 0 Å². The average molecular weight is 446 g/mol. The Morgan fingerprint density at radius 1 is 0.903 bits per heavy atom. The molecule has 1 unspecified atom stereocenters. The topological polar surface area (TPSA) is 62.3 Å².